The van der Waals surface area contributed by atoms with Gasteiger partial charge in [0, 0.05) is 0 Å². The van der Waals surface area contributed by atoms with E-state index in [1.54, 1.807) is 6.92 Å². The molecule has 6 heteroatoms. The fourth-order valence-electron chi connectivity index (χ4n) is 1.78. The van der Waals surface area contributed by atoms with Crippen molar-refractivity contribution < 1.29 is 27.5 Å². The number of carboxylic acids is 1. The molecule has 1 rings (SSSR count). The van der Waals surface area contributed by atoms with Gasteiger partial charge in [-0.3, -0.25) is 4.79 Å². The molecule has 0 heterocycles. The molecule has 0 spiro atoms. The van der Waals surface area contributed by atoms with Gasteiger partial charge in [-0.05, 0) is 24.1 Å². The Kier molecular flexibility index (Phi) is 4.32. The van der Waals surface area contributed by atoms with E-state index in [1.807, 2.05) is 0 Å². The van der Waals surface area contributed by atoms with Crippen molar-refractivity contribution in [2.24, 2.45) is 0 Å². The lowest BCUT2D eigenvalue weighted by atomic mass is 9.90. The summed E-state index contributed by atoms with van der Waals surface area (Å²) in [4.78, 5) is 11.0. The molecule has 0 radical (unpaired) electrons. The zero-order valence-corrected chi connectivity index (χ0v) is 9.59. The molecule has 1 unspecified atom stereocenters. The van der Waals surface area contributed by atoms with E-state index in [1.165, 1.54) is 0 Å². The smallest absolute Gasteiger partial charge is 0.416 e. The van der Waals surface area contributed by atoms with Gasteiger partial charge in [0.15, 0.2) is 0 Å². The first kappa shape index (κ1) is 14.5. The minimum atomic E-state index is -4.77. The largest absolute Gasteiger partial charge is 0.481 e. The lowest BCUT2D eigenvalue weighted by Gasteiger charge is -2.18. The number of hydrogen-bond acceptors (Lipinski definition) is 1. The van der Waals surface area contributed by atoms with E-state index in [4.69, 9.17) is 5.11 Å². The van der Waals surface area contributed by atoms with Crippen LogP contribution in [0.25, 0.3) is 0 Å². The fourth-order valence-corrected chi connectivity index (χ4v) is 1.78. The maximum Gasteiger partial charge on any atom is 0.416 e. The summed E-state index contributed by atoms with van der Waals surface area (Å²) < 4.78 is 51.1. The number of carbonyl (C=O) groups is 1. The third kappa shape index (κ3) is 3.21. The molecule has 18 heavy (non-hydrogen) atoms. The predicted molar refractivity (Wildman–Crippen MR) is 56.7 cm³/mol. The van der Waals surface area contributed by atoms with Gasteiger partial charge >= 0.3 is 12.1 Å². The van der Waals surface area contributed by atoms with E-state index in [0.29, 0.717) is 12.5 Å². The summed E-state index contributed by atoms with van der Waals surface area (Å²) in [5.74, 6) is -3.65. The Morgan fingerprint density at radius 1 is 1.39 bits per heavy atom. The van der Waals surface area contributed by atoms with Gasteiger partial charge < -0.3 is 5.11 Å². The van der Waals surface area contributed by atoms with Crippen LogP contribution in [-0.4, -0.2) is 11.1 Å². The van der Waals surface area contributed by atoms with Crippen molar-refractivity contribution in [1.82, 2.24) is 0 Å². The topological polar surface area (TPSA) is 37.3 Å². The molecule has 1 aromatic carbocycles. The first-order chi connectivity index (χ1) is 8.27. The summed E-state index contributed by atoms with van der Waals surface area (Å²) in [6, 6.07) is 2.07. The minimum absolute atomic E-state index is 0.0735. The highest BCUT2D eigenvalue weighted by atomic mass is 19.4. The third-order valence-electron chi connectivity index (χ3n) is 2.57. The summed E-state index contributed by atoms with van der Waals surface area (Å²) in [6.07, 6.45) is -4.27. The van der Waals surface area contributed by atoms with E-state index in [2.05, 4.69) is 0 Å². The molecule has 0 aliphatic carbocycles. The van der Waals surface area contributed by atoms with Crippen molar-refractivity contribution >= 4 is 5.97 Å². The highest BCUT2D eigenvalue weighted by molar-refractivity contribution is 5.76. The summed E-state index contributed by atoms with van der Waals surface area (Å²) in [6.45, 7) is 1.67. The Balaban J connectivity index is 3.33. The Labute approximate surface area is 101 Å². The number of hydrogen-bond donors (Lipinski definition) is 1. The molecule has 100 valence electrons. The molecule has 0 aliphatic heterocycles. The monoisotopic (exact) mass is 264 g/mol. The van der Waals surface area contributed by atoms with Crippen LogP contribution in [0.4, 0.5) is 17.6 Å². The second-order valence-corrected chi connectivity index (χ2v) is 3.91. The standard InChI is InChI=1S/C12H12F4O2/c1-2-3-9(11(17)18)8-5-4-7(13)6-10(8)12(14,15)16/h4-6,9H,2-3H2,1H3,(H,17,18). The van der Waals surface area contributed by atoms with Crippen molar-refractivity contribution in [2.45, 2.75) is 31.9 Å². The Bertz CT molecular complexity index is 440. The van der Waals surface area contributed by atoms with Crippen LogP contribution in [-0.2, 0) is 11.0 Å². The molecule has 1 N–H and O–H groups in total. The molecular formula is C12H12F4O2. The molecule has 0 aliphatic rings. The van der Waals surface area contributed by atoms with E-state index in [-0.39, 0.29) is 6.42 Å². The highest BCUT2D eigenvalue weighted by Crippen LogP contribution is 2.37. The maximum absolute atomic E-state index is 12.9. The van der Waals surface area contributed by atoms with E-state index < -0.39 is 35.0 Å². The van der Waals surface area contributed by atoms with Crippen LogP contribution in [0, 0.1) is 5.82 Å². The quantitative estimate of drug-likeness (QED) is 0.839. The Morgan fingerprint density at radius 2 is 2.00 bits per heavy atom. The number of rotatable bonds is 4. The molecule has 0 fully saturated rings. The number of alkyl halides is 3. The Hall–Kier alpha value is -1.59. The van der Waals surface area contributed by atoms with Gasteiger partial charge in [0.25, 0.3) is 0 Å². The molecule has 1 atom stereocenters. The lowest BCUT2D eigenvalue weighted by Crippen LogP contribution is -2.18. The zero-order valence-electron chi connectivity index (χ0n) is 9.59. The number of benzene rings is 1. The van der Waals surface area contributed by atoms with Crippen molar-refractivity contribution in [3.05, 3.63) is 35.1 Å². The SMILES string of the molecule is CCCC(C(=O)O)c1ccc(F)cc1C(F)(F)F. The van der Waals surface area contributed by atoms with Gasteiger partial charge in [-0.2, -0.15) is 13.2 Å². The maximum atomic E-state index is 12.9. The summed E-state index contributed by atoms with van der Waals surface area (Å²) in [7, 11) is 0. The number of carboxylic acid groups (broad SMARTS) is 1. The van der Waals surface area contributed by atoms with Gasteiger partial charge in [-0.15, -0.1) is 0 Å². The summed E-state index contributed by atoms with van der Waals surface area (Å²) >= 11 is 0. The van der Waals surface area contributed by atoms with Gasteiger partial charge in [-0.25, -0.2) is 4.39 Å². The van der Waals surface area contributed by atoms with E-state index >= 15 is 0 Å². The molecule has 1 aromatic rings. The van der Waals surface area contributed by atoms with Crippen molar-refractivity contribution in [3.63, 3.8) is 0 Å². The van der Waals surface area contributed by atoms with Crippen molar-refractivity contribution in [3.8, 4) is 0 Å². The molecule has 0 saturated carbocycles. The molecule has 0 amide bonds. The first-order valence-corrected chi connectivity index (χ1v) is 5.36. The van der Waals surface area contributed by atoms with E-state index in [0.717, 1.165) is 12.1 Å². The van der Waals surface area contributed by atoms with Crippen LogP contribution in [0.2, 0.25) is 0 Å². The summed E-state index contributed by atoms with van der Waals surface area (Å²) in [5, 5.41) is 8.96. The third-order valence-corrected chi connectivity index (χ3v) is 2.57. The van der Waals surface area contributed by atoms with Crippen LogP contribution in [0.1, 0.15) is 36.8 Å². The molecule has 0 aromatic heterocycles. The lowest BCUT2D eigenvalue weighted by molar-refractivity contribution is -0.141. The average molecular weight is 264 g/mol. The van der Waals surface area contributed by atoms with Crippen LogP contribution < -0.4 is 0 Å². The van der Waals surface area contributed by atoms with Crippen molar-refractivity contribution in [2.75, 3.05) is 0 Å². The van der Waals surface area contributed by atoms with Crippen LogP contribution in [0.15, 0.2) is 18.2 Å². The highest BCUT2D eigenvalue weighted by Gasteiger charge is 2.37. The Morgan fingerprint density at radius 3 is 2.44 bits per heavy atom. The average Bonchev–Trinajstić information content (AvgIpc) is 2.24. The second kappa shape index (κ2) is 5.37. The van der Waals surface area contributed by atoms with Gasteiger partial charge in [0.1, 0.15) is 5.82 Å². The van der Waals surface area contributed by atoms with Crippen LogP contribution in [0.3, 0.4) is 0 Å². The molecule has 0 bridgehead atoms. The van der Waals surface area contributed by atoms with Crippen molar-refractivity contribution in [1.29, 1.82) is 0 Å². The van der Waals surface area contributed by atoms with Gasteiger partial charge in [0.2, 0.25) is 0 Å². The molecule has 0 saturated heterocycles. The van der Waals surface area contributed by atoms with Gasteiger partial charge in [-0.1, -0.05) is 19.4 Å². The van der Waals surface area contributed by atoms with Crippen LogP contribution >= 0.6 is 0 Å². The number of aliphatic carboxylic acids is 1. The predicted octanol–water partition coefficient (Wildman–Crippen LogP) is 3.81. The normalized spacial score (nSPS) is 13.4. The fraction of sp³-hybridized carbons (Fsp3) is 0.417. The zero-order chi connectivity index (χ0) is 13.9. The van der Waals surface area contributed by atoms with E-state index in [9.17, 15) is 22.4 Å². The minimum Gasteiger partial charge on any atom is -0.481 e. The summed E-state index contributed by atoms with van der Waals surface area (Å²) in [5.41, 5.74) is -1.61. The second-order valence-electron chi connectivity index (χ2n) is 3.91. The molecular weight excluding hydrogens is 252 g/mol. The first-order valence-electron chi connectivity index (χ1n) is 5.36. The number of halogens is 4. The van der Waals surface area contributed by atoms with Gasteiger partial charge in [0.05, 0.1) is 11.5 Å². The molecule has 2 nitrogen and oxygen atoms in total. The van der Waals surface area contributed by atoms with Crippen LogP contribution in [0.5, 0.6) is 0 Å².